The molecular weight excluding hydrogens is 200 g/mol. The maximum Gasteiger partial charge on any atom is 0.152 e. The van der Waals surface area contributed by atoms with Crippen molar-refractivity contribution in [1.29, 1.82) is 5.41 Å². The molecule has 1 heterocycles. The van der Waals surface area contributed by atoms with Crippen LogP contribution in [-0.2, 0) is 9.84 Å². The van der Waals surface area contributed by atoms with Crippen molar-refractivity contribution in [1.82, 2.24) is 4.90 Å². The molecule has 1 atom stereocenters. The maximum absolute atomic E-state index is 11.2. The van der Waals surface area contributed by atoms with Crippen molar-refractivity contribution in [2.75, 3.05) is 18.6 Å². The molecule has 4 nitrogen and oxygen atoms in total. The van der Waals surface area contributed by atoms with Gasteiger partial charge in [0, 0.05) is 19.0 Å². The lowest BCUT2D eigenvalue weighted by molar-refractivity contribution is 0.377. The van der Waals surface area contributed by atoms with E-state index in [1.807, 2.05) is 20.9 Å². The Morgan fingerprint density at radius 3 is 2.43 bits per heavy atom. The third kappa shape index (κ3) is 2.47. The van der Waals surface area contributed by atoms with E-state index in [0.717, 1.165) is 0 Å². The molecule has 82 valence electrons. The lowest BCUT2D eigenvalue weighted by Gasteiger charge is -2.27. The fourth-order valence-corrected chi connectivity index (χ4v) is 3.46. The van der Waals surface area contributed by atoms with Gasteiger partial charge < -0.3 is 4.90 Å². The van der Waals surface area contributed by atoms with E-state index in [1.54, 1.807) is 4.90 Å². The third-order valence-corrected chi connectivity index (χ3v) is 4.43. The summed E-state index contributed by atoms with van der Waals surface area (Å²) >= 11 is 0. The lowest BCUT2D eigenvalue weighted by Crippen LogP contribution is -2.39. The minimum Gasteiger partial charge on any atom is -0.359 e. The molecule has 1 aliphatic heterocycles. The first kappa shape index (κ1) is 11.5. The van der Waals surface area contributed by atoms with Crippen molar-refractivity contribution in [2.45, 2.75) is 26.3 Å². The van der Waals surface area contributed by atoms with Crippen LogP contribution in [0.3, 0.4) is 0 Å². The van der Waals surface area contributed by atoms with Crippen LogP contribution in [0.2, 0.25) is 0 Å². The Morgan fingerprint density at radius 2 is 2.07 bits per heavy atom. The minimum atomic E-state index is -2.84. The maximum atomic E-state index is 11.2. The second-order valence-electron chi connectivity index (χ2n) is 4.21. The molecule has 0 bridgehead atoms. The third-order valence-electron chi connectivity index (χ3n) is 2.68. The van der Waals surface area contributed by atoms with Gasteiger partial charge in [0.05, 0.1) is 17.3 Å². The van der Waals surface area contributed by atoms with Crippen molar-refractivity contribution >= 4 is 15.7 Å². The summed E-state index contributed by atoms with van der Waals surface area (Å²) in [7, 11) is -1.02. The molecule has 5 heteroatoms. The van der Waals surface area contributed by atoms with E-state index >= 15 is 0 Å². The zero-order valence-electron chi connectivity index (χ0n) is 8.95. The highest BCUT2D eigenvalue weighted by molar-refractivity contribution is 7.91. The summed E-state index contributed by atoms with van der Waals surface area (Å²) in [6, 6.07) is 0.00917. The van der Waals surface area contributed by atoms with Crippen LogP contribution < -0.4 is 0 Å². The first-order valence-corrected chi connectivity index (χ1v) is 6.67. The summed E-state index contributed by atoms with van der Waals surface area (Å²) in [5.41, 5.74) is 0. The molecule has 1 N–H and O–H groups in total. The van der Waals surface area contributed by atoms with Crippen LogP contribution in [0.15, 0.2) is 0 Å². The Kier molecular flexibility index (Phi) is 3.19. The van der Waals surface area contributed by atoms with Gasteiger partial charge in [0.15, 0.2) is 9.84 Å². The summed E-state index contributed by atoms with van der Waals surface area (Å²) in [5, 5.41) is 7.77. The summed E-state index contributed by atoms with van der Waals surface area (Å²) in [6.07, 6.45) is 0.661. The molecule has 0 saturated carbocycles. The van der Waals surface area contributed by atoms with Gasteiger partial charge in [-0.1, -0.05) is 13.8 Å². The van der Waals surface area contributed by atoms with E-state index < -0.39 is 9.84 Å². The van der Waals surface area contributed by atoms with Crippen LogP contribution in [0.4, 0.5) is 0 Å². The van der Waals surface area contributed by atoms with Gasteiger partial charge in [0.2, 0.25) is 0 Å². The molecule has 1 fully saturated rings. The number of sulfone groups is 1. The normalized spacial score (nSPS) is 25.3. The number of nitrogens with zero attached hydrogens (tertiary/aromatic N) is 1. The monoisotopic (exact) mass is 218 g/mol. The largest absolute Gasteiger partial charge is 0.359 e. The smallest absolute Gasteiger partial charge is 0.152 e. The zero-order valence-corrected chi connectivity index (χ0v) is 9.76. The van der Waals surface area contributed by atoms with Gasteiger partial charge in [-0.25, -0.2) is 8.42 Å². The molecule has 1 unspecified atom stereocenters. The van der Waals surface area contributed by atoms with Gasteiger partial charge in [0.25, 0.3) is 0 Å². The highest BCUT2D eigenvalue weighted by Crippen LogP contribution is 2.18. The molecule has 14 heavy (non-hydrogen) atoms. The molecule has 1 rings (SSSR count). The molecule has 0 aromatic carbocycles. The molecule has 0 aromatic heterocycles. The van der Waals surface area contributed by atoms with E-state index in [-0.39, 0.29) is 23.5 Å². The fraction of sp³-hybridized carbons (Fsp3) is 0.889. The van der Waals surface area contributed by atoms with Gasteiger partial charge in [-0.2, -0.15) is 0 Å². The van der Waals surface area contributed by atoms with Crippen molar-refractivity contribution < 1.29 is 8.42 Å². The first-order valence-electron chi connectivity index (χ1n) is 4.85. The standard InChI is InChI=1S/C9H18N2O2S/c1-7(2)9(10)11(3)8-4-5-14(12,13)6-8/h7-8,10H,4-6H2,1-3H3. The summed E-state index contributed by atoms with van der Waals surface area (Å²) < 4.78 is 22.5. The molecule has 0 aliphatic carbocycles. The lowest BCUT2D eigenvalue weighted by atomic mass is 10.1. The Hall–Kier alpha value is -0.580. The quantitative estimate of drug-likeness (QED) is 0.549. The highest BCUT2D eigenvalue weighted by Gasteiger charge is 2.31. The van der Waals surface area contributed by atoms with E-state index in [0.29, 0.717) is 12.3 Å². The van der Waals surface area contributed by atoms with Crippen LogP contribution in [0.5, 0.6) is 0 Å². The number of hydrogen-bond acceptors (Lipinski definition) is 3. The Labute approximate surface area is 85.7 Å². The number of rotatable bonds is 2. The van der Waals surface area contributed by atoms with Crippen LogP contribution in [0, 0.1) is 11.3 Å². The summed E-state index contributed by atoms with van der Waals surface area (Å²) in [5.74, 6) is 1.15. The Balaban J connectivity index is 2.64. The second-order valence-corrected chi connectivity index (χ2v) is 6.44. The molecule has 0 spiro atoms. The van der Waals surface area contributed by atoms with Crippen LogP contribution >= 0.6 is 0 Å². The van der Waals surface area contributed by atoms with Crippen molar-refractivity contribution in [3.63, 3.8) is 0 Å². The van der Waals surface area contributed by atoms with Crippen molar-refractivity contribution in [3.8, 4) is 0 Å². The number of hydrogen-bond donors (Lipinski definition) is 1. The molecule has 0 amide bonds. The average molecular weight is 218 g/mol. The molecule has 0 aromatic rings. The van der Waals surface area contributed by atoms with Crippen LogP contribution in [0.1, 0.15) is 20.3 Å². The highest BCUT2D eigenvalue weighted by atomic mass is 32.2. The van der Waals surface area contributed by atoms with E-state index in [1.165, 1.54) is 0 Å². The van der Waals surface area contributed by atoms with E-state index in [4.69, 9.17) is 5.41 Å². The van der Waals surface area contributed by atoms with Gasteiger partial charge in [-0.3, -0.25) is 5.41 Å². The first-order chi connectivity index (χ1) is 6.33. The summed E-state index contributed by atoms with van der Waals surface area (Å²) in [6.45, 7) is 3.89. The van der Waals surface area contributed by atoms with Crippen molar-refractivity contribution in [2.24, 2.45) is 5.92 Å². The predicted molar refractivity (Wildman–Crippen MR) is 57.4 cm³/mol. The Bertz CT molecular complexity index is 322. The van der Waals surface area contributed by atoms with E-state index in [2.05, 4.69) is 0 Å². The molecule has 1 saturated heterocycles. The molecule has 1 aliphatic rings. The summed E-state index contributed by atoms with van der Waals surface area (Å²) in [4.78, 5) is 1.80. The topological polar surface area (TPSA) is 61.2 Å². The van der Waals surface area contributed by atoms with Gasteiger partial charge in [0.1, 0.15) is 0 Å². The van der Waals surface area contributed by atoms with Gasteiger partial charge in [-0.05, 0) is 6.42 Å². The van der Waals surface area contributed by atoms with Crippen LogP contribution in [0.25, 0.3) is 0 Å². The fourth-order valence-electron chi connectivity index (χ4n) is 1.68. The minimum absolute atomic E-state index is 0.00917. The molecule has 0 radical (unpaired) electrons. The van der Waals surface area contributed by atoms with Crippen LogP contribution in [-0.4, -0.2) is 43.7 Å². The molecular formula is C9H18N2O2S. The predicted octanol–water partition coefficient (Wildman–Crippen LogP) is 0.739. The SMILES string of the molecule is CC(C)C(=N)N(C)C1CCS(=O)(=O)C1. The zero-order chi connectivity index (χ0) is 10.9. The number of nitrogens with one attached hydrogen (secondary N) is 1. The number of amidine groups is 1. The Morgan fingerprint density at radius 1 is 1.50 bits per heavy atom. The van der Waals surface area contributed by atoms with Gasteiger partial charge >= 0.3 is 0 Å². The van der Waals surface area contributed by atoms with Gasteiger partial charge in [-0.15, -0.1) is 0 Å². The van der Waals surface area contributed by atoms with E-state index in [9.17, 15) is 8.42 Å². The van der Waals surface area contributed by atoms with Crippen molar-refractivity contribution in [3.05, 3.63) is 0 Å². The average Bonchev–Trinajstić information content (AvgIpc) is 2.43. The second kappa shape index (κ2) is 3.88.